The normalized spacial score (nSPS) is 16.6. The van der Waals surface area contributed by atoms with E-state index in [1.807, 2.05) is 7.05 Å². The van der Waals surface area contributed by atoms with E-state index in [-0.39, 0.29) is 0 Å². The monoisotopic (exact) mass is 186 g/mol. The third kappa shape index (κ3) is 4.63. The van der Waals surface area contributed by atoms with E-state index >= 15 is 0 Å². The summed E-state index contributed by atoms with van der Waals surface area (Å²) < 4.78 is 0. The van der Waals surface area contributed by atoms with Gasteiger partial charge in [0.2, 0.25) is 0 Å². The summed E-state index contributed by atoms with van der Waals surface area (Å²) >= 11 is 0. The molecule has 0 radical (unpaired) electrons. The van der Waals surface area contributed by atoms with Gasteiger partial charge in [0.25, 0.3) is 0 Å². The SMILES string of the molecule is CCN(CC(C)C)C(C)C(C)NC. The van der Waals surface area contributed by atoms with Crippen LogP contribution in [0.1, 0.15) is 34.6 Å². The molecule has 1 N–H and O–H groups in total. The first-order valence-corrected chi connectivity index (χ1v) is 5.44. The molecule has 0 saturated heterocycles. The van der Waals surface area contributed by atoms with Crippen molar-refractivity contribution in [3.63, 3.8) is 0 Å². The molecule has 0 aromatic heterocycles. The van der Waals surface area contributed by atoms with E-state index in [1.54, 1.807) is 0 Å². The molecule has 0 aliphatic rings. The third-order valence-electron chi connectivity index (χ3n) is 2.76. The molecule has 2 unspecified atom stereocenters. The average molecular weight is 186 g/mol. The molecular weight excluding hydrogens is 160 g/mol. The number of likely N-dealkylation sites (N-methyl/N-ethyl adjacent to an activating group) is 2. The van der Waals surface area contributed by atoms with Gasteiger partial charge in [0.05, 0.1) is 0 Å². The smallest absolute Gasteiger partial charge is 0.0218 e. The summed E-state index contributed by atoms with van der Waals surface area (Å²) in [5.74, 6) is 0.756. The van der Waals surface area contributed by atoms with Gasteiger partial charge < -0.3 is 5.32 Å². The summed E-state index contributed by atoms with van der Waals surface area (Å²) in [4.78, 5) is 2.53. The molecule has 80 valence electrons. The molecule has 0 rings (SSSR count). The Morgan fingerprint density at radius 3 is 2.00 bits per heavy atom. The van der Waals surface area contributed by atoms with Crippen molar-refractivity contribution in [2.75, 3.05) is 20.1 Å². The van der Waals surface area contributed by atoms with Crippen LogP contribution < -0.4 is 5.32 Å². The molecule has 0 bridgehead atoms. The summed E-state index contributed by atoms with van der Waals surface area (Å²) in [6.07, 6.45) is 0. The van der Waals surface area contributed by atoms with Crippen molar-refractivity contribution in [3.05, 3.63) is 0 Å². The van der Waals surface area contributed by atoms with Gasteiger partial charge in [-0.3, -0.25) is 4.90 Å². The molecule has 0 heterocycles. The fraction of sp³-hybridized carbons (Fsp3) is 1.00. The topological polar surface area (TPSA) is 15.3 Å². The van der Waals surface area contributed by atoms with E-state index in [0.29, 0.717) is 12.1 Å². The Balaban J connectivity index is 4.05. The highest BCUT2D eigenvalue weighted by atomic mass is 15.2. The van der Waals surface area contributed by atoms with E-state index in [1.165, 1.54) is 6.54 Å². The first-order chi connectivity index (χ1) is 6.02. The Bertz CT molecular complexity index is 123. The highest BCUT2D eigenvalue weighted by Gasteiger charge is 2.17. The zero-order valence-electron chi connectivity index (χ0n) is 10.1. The van der Waals surface area contributed by atoms with Crippen LogP contribution in [0.3, 0.4) is 0 Å². The standard InChI is InChI=1S/C11H26N2/c1-7-13(8-9(2)3)11(5)10(4)12-6/h9-12H,7-8H2,1-6H3. The first-order valence-electron chi connectivity index (χ1n) is 5.44. The highest BCUT2D eigenvalue weighted by Crippen LogP contribution is 2.07. The molecule has 0 spiro atoms. The fourth-order valence-corrected chi connectivity index (χ4v) is 1.61. The maximum atomic E-state index is 3.31. The van der Waals surface area contributed by atoms with Crippen LogP contribution in [0.25, 0.3) is 0 Å². The van der Waals surface area contributed by atoms with Crippen LogP contribution in [0.4, 0.5) is 0 Å². The van der Waals surface area contributed by atoms with E-state index in [2.05, 4.69) is 44.8 Å². The van der Waals surface area contributed by atoms with Crippen LogP contribution in [0, 0.1) is 5.92 Å². The lowest BCUT2D eigenvalue weighted by atomic mass is 10.1. The van der Waals surface area contributed by atoms with Crippen LogP contribution in [-0.4, -0.2) is 37.1 Å². The van der Waals surface area contributed by atoms with Crippen molar-refractivity contribution in [1.82, 2.24) is 10.2 Å². The van der Waals surface area contributed by atoms with E-state index in [4.69, 9.17) is 0 Å². The predicted molar refractivity (Wildman–Crippen MR) is 60.1 cm³/mol. The van der Waals surface area contributed by atoms with Gasteiger partial charge in [0, 0.05) is 18.6 Å². The molecule has 2 nitrogen and oxygen atoms in total. The molecule has 2 heteroatoms. The molecule has 0 aromatic rings. The molecule has 0 saturated carbocycles. The van der Waals surface area contributed by atoms with Gasteiger partial charge in [0.15, 0.2) is 0 Å². The van der Waals surface area contributed by atoms with Crippen LogP contribution >= 0.6 is 0 Å². The highest BCUT2D eigenvalue weighted by molar-refractivity contribution is 4.76. The van der Waals surface area contributed by atoms with Crippen LogP contribution in [-0.2, 0) is 0 Å². The summed E-state index contributed by atoms with van der Waals surface area (Å²) in [5, 5.41) is 3.31. The number of rotatable bonds is 6. The third-order valence-corrected chi connectivity index (χ3v) is 2.76. The van der Waals surface area contributed by atoms with Gasteiger partial charge in [-0.1, -0.05) is 20.8 Å². The average Bonchev–Trinajstić information content (AvgIpc) is 2.11. The van der Waals surface area contributed by atoms with Crippen LogP contribution in [0.15, 0.2) is 0 Å². The lowest BCUT2D eigenvalue weighted by Gasteiger charge is -2.33. The van der Waals surface area contributed by atoms with Crippen LogP contribution in [0.2, 0.25) is 0 Å². The number of nitrogens with one attached hydrogen (secondary N) is 1. The predicted octanol–water partition coefficient (Wildman–Crippen LogP) is 1.96. The molecule has 0 aromatic carbocycles. The number of hydrogen-bond donors (Lipinski definition) is 1. The molecule has 0 amide bonds. The van der Waals surface area contributed by atoms with Crippen molar-refractivity contribution in [2.24, 2.45) is 5.92 Å². The number of hydrogen-bond acceptors (Lipinski definition) is 2. The molecular formula is C11H26N2. The van der Waals surface area contributed by atoms with Gasteiger partial charge in [-0.2, -0.15) is 0 Å². The second kappa shape index (κ2) is 6.39. The summed E-state index contributed by atoms with van der Waals surface area (Å²) in [7, 11) is 2.03. The minimum absolute atomic E-state index is 0.568. The van der Waals surface area contributed by atoms with E-state index in [9.17, 15) is 0 Å². The first kappa shape index (κ1) is 12.9. The fourth-order valence-electron chi connectivity index (χ4n) is 1.61. The van der Waals surface area contributed by atoms with Crippen molar-refractivity contribution in [2.45, 2.75) is 46.7 Å². The Kier molecular flexibility index (Phi) is 6.35. The lowest BCUT2D eigenvalue weighted by molar-refractivity contribution is 0.168. The summed E-state index contributed by atoms with van der Waals surface area (Å²) in [6, 6.07) is 1.19. The van der Waals surface area contributed by atoms with Crippen molar-refractivity contribution < 1.29 is 0 Å². The van der Waals surface area contributed by atoms with Gasteiger partial charge in [-0.15, -0.1) is 0 Å². The maximum absolute atomic E-state index is 3.31. The van der Waals surface area contributed by atoms with Gasteiger partial charge in [0.1, 0.15) is 0 Å². The number of nitrogens with zero attached hydrogens (tertiary/aromatic N) is 1. The van der Waals surface area contributed by atoms with Crippen molar-refractivity contribution >= 4 is 0 Å². The zero-order chi connectivity index (χ0) is 10.4. The zero-order valence-corrected chi connectivity index (χ0v) is 10.1. The lowest BCUT2D eigenvalue weighted by Crippen LogP contribution is -2.46. The molecule has 0 aliphatic heterocycles. The largest absolute Gasteiger partial charge is 0.316 e. The Morgan fingerprint density at radius 2 is 1.69 bits per heavy atom. The van der Waals surface area contributed by atoms with Gasteiger partial charge in [-0.25, -0.2) is 0 Å². The second-order valence-corrected chi connectivity index (χ2v) is 4.30. The van der Waals surface area contributed by atoms with Crippen LogP contribution in [0.5, 0.6) is 0 Å². The summed E-state index contributed by atoms with van der Waals surface area (Å²) in [5.41, 5.74) is 0. The molecule has 0 fully saturated rings. The van der Waals surface area contributed by atoms with E-state index in [0.717, 1.165) is 12.5 Å². The Hall–Kier alpha value is -0.0800. The quantitative estimate of drug-likeness (QED) is 0.682. The second-order valence-electron chi connectivity index (χ2n) is 4.30. The molecule has 2 atom stereocenters. The summed E-state index contributed by atoms with van der Waals surface area (Å²) in [6.45, 7) is 13.7. The van der Waals surface area contributed by atoms with Gasteiger partial charge >= 0.3 is 0 Å². The van der Waals surface area contributed by atoms with Crippen molar-refractivity contribution in [1.29, 1.82) is 0 Å². The van der Waals surface area contributed by atoms with E-state index < -0.39 is 0 Å². The maximum Gasteiger partial charge on any atom is 0.0218 e. The molecule has 13 heavy (non-hydrogen) atoms. The Labute approximate surface area is 83.7 Å². The minimum atomic E-state index is 0.568. The van der Waals surface area contributed by atoms with Crippen molar-refractivity contribution in [3.8, 4) is 0 Å². The minimum Gasteiger partial charge on any atom is -0.316 e. The van der Waals surface area contributed by atoms with Gasteiger partial charge in [-0.05, 0) is 33.4 Å². The Morgan fingerprint density at radius 1 is 1.15 bits per heavy atom. The molecule has 0 aliphatic carbocycles.